The molecular weight excluding hydrogens is 386 g/mol. The zero-order valence-electron chi connectivity index (χ0n) is 16.2. The SMILES string of the molecule is COC(Nc1cccc(C#Cc2cncc(C(=O)N=S)c2)c1)c1cc(C)nn1C. The third-order valence-electron chi connectivity index (χ3n) is 4.12. The van der Waals surface area contributed by atoms with Gasteiger partial charge in [0.05, 0.1) is 17.0 Å². The van der Waals surface area contributed by atoms with Gasteiger partial charge in [-0.2, -0.15) is 5.10 Å². The lowest BCUT2D eigenvalue weighted by Crippen LogP contribution is -2.16. The molecule has 7 nitrogen and oxygen atoms in total. The zero-order chi connectivity index (χ0) is 20.8. The van der Waals surface area contributed by atoms with Gasteiger partial charge in [-0.1, -0.05) is 17.9 Å². The van der Waals surface area contributed by atoms with Crippen molar-refractivity contribution in [2.75, 3.05) is 12.4 Å². The molecule has 0 radical (unpaired) electrons. The first-order chi connectivity index (χ1) is 14.0. The Morgan fingerprint density at radius 2 is 2.03 bits per heavy atom. The highest BCUT2D eigenvalue weighted by atomic mass is 32.1. The molecule has 2 aromatic heterocycles. The summed E-state index contributed by atoms with van der Waals surface area (Å²) in [6.07, 6.45) is 2.65. The van der Waals surface area contributed by atoms with Crippen molar-refractivity contribution in [3.63, 3.8) is 0 Å². The van der Waals surface area contributed by atoms with Gasteiger partial charge in [-0.3, -0.25) is 14.5 Å². The van der Waals surface area contributed by atoms with Crippen LogP contribution >= 0.6 is 0 Å². The molecular formula is C21H19N5O2S. The van der Waals surface area contributed by atoms with Crippen LogP contribution in [0.15, 0.2) is 53.2 Å². The van der Waals surface area contributed by atoms with E-state index >= 15 is 0 Å². The quantitative estimate of drug-likeness (QED) is 0.519. The van der Waals surface area contributed by atoms with E-state index in [0.29, 0.717) is 11.1 Å². The van der Waals surface area contributed by atoms with Gasteiger partial charge in [0.2, 0.25) is 0 Å². The molecule has 1 aromatic carbocycles. The van der Waals surface area contributed by atoms with Crippen LogP contribution in [0.4, 0.5) is 5.69 Å². The van der Waals surface area contributed by atoms with Gasteiger partial charge in [-0.25, -0.2) is 0 Å². The maximum Gasteiger partial charge on any atom is 0.289 e. The van der Waals surface area contributed by atoms with Crippen LogP contribution < -0.4 is 5.32 Å². The van der Waals surface area contributed by atoms with E-state index in [1.165, 1.54) is 6.20 Å². The number of carbonyl (C=O) groups excluding carboxylic acids is 1. The second-order valence-corrected chi connectivity index (χ2v) is 6.47. The summed E-state index contributed by atoms with van der Waals surface area (Å²) in [7, 11) is 3.52. The minimum atomic E-state index is -0.502. The van der Waals surface area contributed by atoms with E-state index in [9.17, 15) is 4.79 Å². The van der Waals surface area contributed by atoms with Gasteiger partial charge in [0.25, 0.3) is 5.91 Å². The number of nitrogens with zero attached hydrogens (tertiary/aromatic N) is 4. The van der Waals surface area contributed by atoms with E-state index in [0.717, 1.165) is 22.6 Å². The molecule has 2 heterocycles. The molecule has 3 aromatic rings. The summed E-state index contributed by atoms with van der Waals surface area (Å²) >= 11 is 4.43. The molecule has 0 aliphatic rings. The van der Waals surface area contributed by atoms with Gasteiger partial charge in [0, 0.05) is 55.8 Å². The molecule has 1 atom stereocenters. The minimum Gasteiger partial charge on any atom is -0.356 e. The van der Waals surface area contributed by atoms with E-state index < -0.39 is 5.91 Å². The van der Waals surface area contributed by atoms with Crippen molar-refractivity contribution in [2.45, 2.75) is 13.2 Å². The number of ether oxygens (including phenoxy) is 1. The number of hydrogen-bond acceptors (Lipinski definition) is 6. The van der Waals surface area contributed by atoms with Crippen molar-refractivity contribution in [2.24, 2.45) is 11.4 Å². The average Bonchev–Trinajstić information content (AvgIpc) is 3.08. The number of aryl methyl sites for hydroxylation is 2. The Morgan fingerprint density at radius 3 is 2.72 bits per heavy atom. The van der Waals surface area contributed by atoms with Crippen LogP contribution in [0.1, 0.15) is 39.1 Å². The number of anilines is 1. The van der Waals surface area contributed by atoms with Gasteiger partial charge in [0.15, 0.2) is 6.23 Å². The summed E-state index contributed by atoms with van der Waals surface area (Å²) in [4.78, 5) is 15.6. The molecule has 0 aliphatic heterocycles. The van der Waals surface area contributed by atoms with E-state index in [2.05, 4.69) is 44.0 Å². The Hall–Kier alpha value is -3.41. The first-order valence-electron chi connectivity index (χ1n) is 8.75. The van der Waals surface area contributed by atoms with Crippen molar-refractivity contribution in [1.29, 1.82) is 0 Å². The van der Waals surface area contributed by atoms with Crippen LogP contribution in [0.25, 0.3) is 0 Å². The predicted molar refractivity (Wildman–Crippen MR) is 112 cm³/mol. The van der Waals surface area contributed by atoms with Crippen LogP contribution in [0.2, 0.25) is 0 Å². The van der Waals surface area contributed by atoms with Crippen LogP contribution in [-0.2, 0) is 24.2 Å². The number of pyridine rings is 1. The Bertz CT molecular complexity index is 1110. The van der Waals surface area contributed by atoms with E-state index in [-0.39, 0.29) is 6.23 Å². The Balaban J connectivity index is 1.80. The second kappa shape index (κ2) is 9.19. The fourth-order valence-electron chi connectivity index (χ4n) is 2.79. The predicted octanol–water partition coefficient (Wildman–Crippen LogP) is 3.15. The lowest BCUT2D eigenvalue weighted by Gasteiger charge is -2.18. The highest BCUT2D eigenvalue weighted by Crippen LogP contribution is 2.21. The lowest BCUT2D eigenvalue weighted by atomic mass is 10.1. The summed E-state index contributed by atoms with van der Waals surface area (Å²) in [6.45, 7) is 1.94. The maximum atomic E-state index is 11.6. The van der Waals surface area contributed by atoms with Crippen molar-refractivity contribution in [3.05, 3.63) is 76.9 Å². The zero-order valence-corrected chi connectivity index (χ0v) is 17.0. The third kappa shape index (κ3) is 5.10. The van der Waals surface area contributed by atoms with Gasteiger partial charge < -0.3 is 10.1 Å². The van der Waals surface area contributed by atoms with Crippen molar-refractivity contribution < 1.29 is 9.53 Å². The fraction of sp³-hybridized carbons (Fsp3) is 0.190. The molecule has 0 bridgehead atoms. The van der Waals surface area contributed by atoms with Gasteiger partial charge in [-0.05, 0) is 37.3 Å². The number of rotatable bonds is 5. The summed E-state index contributed by atoms with van der Waals surface area (Å²) in [5, 5.41) is 7.70. The molecule has 0 spiro atoms. The topological polar surface area (TPSA) is 81.4 Å². The van der Waals surface area contributed by atoms with Gasteiger partial charge in [0.1, 0.15) is 0 Å². The molecule has 0 aliphatic carbocycles. The molecule has 8 heteroatoms. The Morgan fingerprint density at radius 1 is 1.24 bits per heavy atom. The summed E-state index contributed by atoms with van der Waals surface area (Å²) in [6, 6.07) is 11.2. The summed E-state index contributed by atoms with van der Waals surface area (Å²) in [5.41, 5.74) is 4.42. The van der Waals surface area contributed by atoms with Crippen molar-refractivity contribution in [1.82, 2.24) is 14.8 Å². The molecule has 1 unspecified atom stereocenters. The molecule has 0 saturated carbocycles. The van der Waals surface area contributed by atoms with Gasteiger partial charge >= 0.3 is 0 Å². The van der Waals surface area contributed by atoms with E-state index in [4.69, 9.17) is 4.74 Å². The first kappa shape index (κ1) is 20.3. The maximum absolute atomic E-state index is 11.6. The van der Waals surface area contributed by atoms with E-state index in [1.807, 2.05) is 44.3 Å². The molecule has 0 saturated heterocycles. The molecule has 1 N–H and O–H groups in total. The van der Waals surface area contributed by atoms with Crippen LogP contribution in [-0.4, -0.2) is 27.8 Å². The van der Waals surface area contributed by atoms with Crippen LogP contribution in [0, 0.1) is 18.8 Å². The third-order valence-corrected chi connectivity index (χ3v) is 4.29. The molecule has 146 valence electrons. The van der Waals surface area contributed by atoms with Crippen molar-refractivity contribution >= 4 is 24.0 Å². The fourth-order valence-corrected chi connectivity index (χ4v) is 2.90. The smallest absolute Gasteiger partial charge is 0.289 e. The number of aromatic nitrogens is 3. The number of amides is 1. The molecule has 3 rings (SSSR count). The van der Waals surface area contributed by atoms with Gasteiger partial charge in [-0.15, -0.1) is 4.36 Å². The molecule has 1 amide bonds. The monoisotopic (exact) mass is 405 g/mol. The molecule has 29 heavy (non-hydrogen) atoms. The second-order valence-electron chi connectivity index (χ2n) is 6.28. The number of methoxy groups -OCH3 is 1. The average molecular weight is 405 g/mol. The standard InChI is InChI=1S/C21H19N5O2S/c1-14-9-19(26(2)24-14)21(28-3)23-18-6-4-5-15(11-18)7-8-16-10-17(13-22-12-16)20(27)25-29/h4-6,9-13,21,23H,1-3H3. The minimum absolute atomic E-state index is 0.316. The van der Waals surface area contributed by atoms with E-state index in [1.54, 1.807) is 24.1 Å². The number of hydrogen-bond donors (Lipinski definition) is 1. The van der Waals surface area contributed by atoms with Crippen molar-refractivity contribution in [3.8, 4) is 11.8 Å². The highest BCUT2D eigenvalue weighted by molar-refractivity contribution is 7.47. The Labute approximate surface area is 174 Å². The Kier molecular flexibility index (Phi) is 6.44. The number of carbonyl (C=O) groups is 1. The van der Waals surface area contributed by atoms with Crippen LogP contribution in [0.5, 0.6) is 0 Å². The van der Waals surface area contributed by atoms with Crippen LogP contribution in [0.3, 0.4) is 0 Å². The highest BCUT2D eigenvalue weighted by Gasteiger charge is 2.15. The molecule has 0 fully saturated rings. The lowest BCUT2D eigenvalue weighted by molar-refractivity contribution is 0.101. The number of nitrogens with one attached hydrogen (secondary N) is 1. The summed E-state index contributed by atoms with van der Waals surface area (Å²) in [5.74, 6) is 5.58. The number of benzene rings is 1. The summed E-state index contributed by atoms with van der Waals surface area (Å²) < 4.78 is 10.6. The first-order valence-corrected chi connectivity index (χ1v) is 9.11. The normalized spacial score (nSPS) is 11.3. The largest absolute Gasteiger partial charge is 0.356 e.